The van der Waals surface area contributed by atoms with Gasteiger partial charge in [0.15, 0.2) is 0 Å². The van der Waals surface area contributed by atoms with Gasteiger partial charge in [0.1, 0.15) is 5.75 Å². The van der Waals surface area contributed by atoms with E-state index in [2.05, 4.69) is 4.98 Å². The summed E-state index contributed by atoms with van der Waals surface area (Å²) in [6.45, 7) is 3.27. The zero-order valence-electron chi connectivity index (χ0n) is 7.29. The van der Waals surface area contributed by atoms with E-state index < -0.39 is 0 Å². The van der Waals surface area contributed by atoms with Crippen LogP contribution in [0, 0.1) is 0 Å². The number of hydrogen-bond donors (Lipinski definition) is 1. The second kappa shape index (κ2) is 4.72. The molecule has 1 aromatic heterocycles. The monoisotopic (exact) mass is 166 g/mol. The third kappa shape index (κ3) is 2.51. The highest BCUT2D eigenvalue weighted by Crippen LogP contribution is 2.08. The van der Waals surface area contributed by atoms with Crippen molar-refractivity contribution >= 4 is 0 Å². The Labute approximate surface area is 72.6 Å². The van der Waals surface area contributed by atoms with E-state index in [1.54, 1.807) is 6.20 Å². The van der Waals surface area contributed by atoms with Crippen molar-refractivity contribution in [2.45, 2.75) is 13.3 Å². The van der Waals surface area contributed by atoms with Crippen LogP contribution in [0.15, 0.2) is 18.3 Å². The maximum Gasteiger partial charge on any atom is 0.137 e. The quantitative estimate of drug-likeness (QED) is 0.725. The molecule has 1 heterocycles. The third-order valence-electron chi connectivity index (χ3n) is 1.51. The molecule has 0 aliphatic rings. The summed E-state index contributed by atoms with van der Waals surface area (Å²) in [6.07, 6.45) is 2.56. The molecule has 3 nitrogen and oxygen atoms in total. The van der Waals surface area contributed by atoms with E-state index in [4.69, 9.17) is 10.5 Å². The van der Waals surface area contributed by atoms with Gasteiger partial charge in [-0.15, -0.1) is 0 Å². The van der Waals surface area contributed by atoms with Crippen molar-refractivity contribution in [1.82, 2.24) is 4.98 Å². The lowest BCUT2D eigenvalue weighted by molar-refractivity contribution is 0.338. The molecule has 0 saturated heterocycles. The van der Waals surface area contributed by atoms with E-state index >= 15 is 0 Å². The van der Waals surface area contributed by atoms with Crippen molar-refractivity contribution in [1.29, 1.82) is 0 Å². The van der Waals surface area contributed by atoms with Crippen LogP contribution < -0.4 is 10.5 Å². The van der Waals surface area contributed by atoms with Gasteiger partial charge in [-0.25, -0.2) is 0 Å². The molecule has 12 heavy (non-hydrogen) atoms. The van der Waals surface area contributed by atoms with Crippen LogP contribution in [-0.2, 0) is 6.42 Å². The van der Waals surface area contributed by atoms with E-state index in [0.29, 0.717) is 13.2 Å². The van der Waals surface area contributed by atoms with Crippen molar-refractivity contribution < 1.29 is 4.74 Å². The molecule has 0 atom stereocenters. The molecule has 3 heteroatoms. The van der Waals surface area contributed by atoms with Crippen molar-refractivity contribution in [2.75, 3.05) is 13.2 Å². The molecule has 2 N–H and O–H groups in total. The van der Waals surface area contributed by atoms with Crippen LogP contribution in [0.5, 0.6) is 5.75 Å². The molecule has 0 amide bonds. The summed E-state index contributed by atoms with van der Waals surface area (Å²) in [5, 5.41) is 0. The van der Waals surface area contributed by atoms with Crippen molar-refractivity contribution in [2.24, 2.45) is 5.73 Å². The van der Waals surface area contributed by atoms with Gasteiger partial charge in [0, 0.05) is 12.1 Å². The zero-order chi connectivity index (χ0) is 8.81. The second-order valence-corrected chi connectivity index (χ2v) is 2.46. The minimum Gasteiger partial charge on any atom is -0.492 e. The Bertz CT molecular complexity index is 195. The molecule has 0 unspecified atom stereocenters. The summed E-state index contributed by atoms with van der Waals surface area (Å²) in [5.41, 5.74) is 6.40. The summed E-state index contributed by atoms with van der Waals surface area (Å²) >= 11 is 0. The van der Waals surface area contributed by atoms with Crippen LogP contribution >= 0.6 is 0 Å². The van der Waals surface area contributed by atoms with Crippen LogP contribution in [0.4, 0.5) is 0 Å². The minimum absolute atomic E-state index is 0.640. The smallest absolute Gasteiger partial charge is 0.137 e. The Kier molecular flexibility index (Phi) is 3.54. The first kappa shape index (κ1) is 9.00. The van der Waals surface area contributed by atoms with Crippen molar-refractivity contribution in [3.8, 4) is 5.75 Å². The van der Waals surface area contributed by atoms with Crippen LogP contribution in [0.2, 0.25) is 0 Å². The fraction of sp³-hybridized carbons (Fsp3) is 0.444. The van der Waals surface area contributed by atoms with Crippen LogP contribution in [0.25, 0.3) is 0 Å². The molecule has 1 aromatic rings. The van der Waals surface area contributed by atoms with E-state index in [0.717, 1.165) is 17.9 Å². The number of nitrogens with zero attached hydrogens (tertiary/aromatic N) is 1. The van der Waals surface area contributed by atoms with Gasteiger partial charge in [-0.2, -0.15) is 0 Å². The molecule has 0 aliphatic heterocycles. The maximum atomic E-state index is 5.39. The predicted octanol–water partition coefficient (Wildman–Crippen LogP) is 0.982. The first-order valence-corrected chi connectivity index (χ1v) is 4.14. The minimum atomic E-state index is 0.640. The Morgan fingerprint density at radius 3 is 2.83 bits per heavy atom. The number of rotatable bonds is 4. The topological polar surface area (TPSA) is 48.1 Å². The average Bonchev–Trinajstić information content (AvgIpc) is 2.09. The predicted molar refractivity (Wildman–Crippen MR) is 48.2 cm³/mol. The first-order valence-electron chi connectivity index (χ1n) is 4.14. The van der Waals surface area contributed by atoms with Gasteiger partial charge < -0.3 is 10.5 Å². The number of nitrogens with two attached hydrogens (primary N) is 1. The number of ether oxygens (including phenoxy) is 1. The van der Waals surface area contributed by atoms with Crippen molar-refractivity contribution in [3.63, 3.8) is 0 Å². The molecular weight excluding hydrogens is 152 g/mol. The van der Waals surface area contributed by atoms with Gasteiger partial charge in [-0.1, -0.05) is 0 Å². The third-order valence-corrected chi connectivity index (χ3v) is 1.51. The second-order valence-electron chi connectivity index (χ2n) is 2.46. The fourth-order valence-electron chi connectivity index (χ4n) is 0.959. The van der Waals surface area contributed by atoms with Gasteiger partial charge in [0.2, 0.25) is 0 Å². The highest BCUT2D eigenvalue weighted by atomic mass is 16.5. The van der Waals surface area contributed by atoms with E-state index in [1.807, 2.05) is 19.1 Å². The standard InChI is InChI=1S/C9H14N2O/c1-2-12-9-4-3-8(5-6-10)11-7-9/h3-4,7H,2,5-6,10H2,1H3. The van der Waals surface area contributed by atoms with Gasteiger partial charge in [-0.3, -0.25) is 4.98 Å². The fourth-order valence-corrected chi connectivity index (χ4v) is 0.959. The highest BCUT2D eigenvalue weighted by molar-refractivity contribution is 5.19. The zero-order valence-corrected chi connectivity index (χ0v) is 7.29. The number of hydrogen-bond acceptors (Lipinski definition) is 3. The van der Waals surface area contributed by atoms with Crippen LogP contribution in [0.1, 0.15) is 12.6 Å². The molecule has 0 aromatic carbocycles. The van der Waals surface area contributed by atoms with Crippen molar-refractivity contribution in [3.05, 3.63) is 24.0 Å². The lowest BCUT2D eigenvalue weighted by atomic mass is 10.3. The molecule has 0 radical (unpaired) electrons. The molecule has 0 aliphatic carbocycles. The molecule has 1 rings (SSSR count). The van der Waals surface area contributed by atoms with Crippen LogP contribution in [-0.4, -0.2) is 18.1 Å². The Hall–Kier alpha value is -1.09. The molecule has 0 spiro atoms. The molecule has 0 bridgehead atoms. The van der Waals surface area contributed by atoms with Crippen LogP contribution in [0.3, 0.4) is 0 Å². The Balaban J connectivity index is 2.58. The summed E-state index contributed by atoms with van der Waals surface area (Å²) in [6, 6.07) is 3.86. The summed E-state index contributed by atoms with van der Waals surface area (Å²) in [4.78, 5) is 4.18. The first-order chi connectivity index (χ1) is 5.86. The molecule has 0 saturated carbocycles. The highest BCUT2D eigenvalue weighted by Gasteiger charge is 1.94. The SMILES string of the molecule is CCOc1ccc(CCN)nc1. The molecule has 66 valence electrons. The maximum absolute atomic E-state index is 5.39. The van der Waals surface area contributed by atoms with Gasteiger partial charge >= 0.3 is 0 Å². The van der Waals surface area contributed by atoms with Gasteiger partial charge in [0.25, 0.3) is 0 Å². The lowest BCUT2D eigenvalue weighted by Gasteiger charge is -2.02. The largest absolute Gasteiger partial charge is 0.492 e. The summed E-state index contributed by atoms with van der Waals surface area (Å²) < 4.78 is 5.25. The molecular formula is C9H14N2O. The number of pyridine rings is 1. The Morgan fingerprint density at radius 1 is 1.50 bits per heavy atom. The average molecular weight is 166 g/mol. The van der Waals surface area contributed by atoms with E-state index in [1.165, 1.54) is 0 Å². The summed E-state index contributed by atoms with van der Waals surface area (Å²) in [5.74, 6) is 0.818. The summed E-state index contributed by atoms with van der Waals surface area (Å²) in [7, 11) is 0. The van der Waals surface area contributed by atoms with E-state index in [9.17, 15) is 0 Å². The normalized spacial score (nSPS) is 9.83. The van der Waals surface area contributed by atoms with E-state index in [-0.39, 0.29) is 0 Å². The van der Waals surface area contributed by atoms with Gasteiger partial charge in [0.05, 0.1) is 12.8 Å². The Morgan fingerprint density at radius 2 is 2.33 bits per heavy atom. The molecule has 0 fully saturated rings. The van der Waals surface area contributed by atoms with Gasteiger partial charge in [-0.05, 0) is 25.6 Å². The lowest BCUT2D eigenvalue weighted by Crippen LogP contribution is -2.04. The number of aromatic nitrogens is 1.